The number of aryl methyl sites for hydroxylation is 1. The number of aromatic nitrogens is 2. The van der Waals surface area contributed by atoms with Crippen molar-refractivity contribution in [1.82, 2.24) is 9.78 Å². The number of hydrogen-bond acceptors (Lipinski definition) is 5. The monoisotopic (exact) mass is 274 g/mol. The maximum atomic E-state index is 11.8. The fraction of sp³-hybridized carbons (Fsp3) is 0.636. The Morgan fingerprint density at radius 1 is 1.56 bits per heavy atom. The van der Waals surface area contributed by atoms with Crippen LogP contribution >= 0.6 is 0 Å². The molecule has 0 bridgehead atoms. The summed E-state index contributed by atoms with van der Waals surface area (Å²) in [5, 5.41) is 4.00. The van der Waals surface area contributed by atoms with Gasteiger partial charge in [0.05, 0.1) is 30.9 Å². The summed E-state index contributed by atoms with van der Waals surface area (Å²) in [6.45, 7) is 2.48. The minimum atomic E-state index is -1.08. The number of carbonyl (C=O) groups is 1. The van der Waals surface area contributed by atoms with Crippen LogP contribution in [0.15, 0.2) is 6.20 Å². The lowest BCUT2D eigenvalue weighted by atomic mass is 10.3. The normalized spacial score (nSPS) is 12.4. The molecule has 0 spiro atoms. The molecular weight excluding hydrogens is 256 g/mol. The third-order valence-electron chi connectivity index (χ3n) is 2.37. The summed E-state index contributed by atoms with van der Waals surface area (Å²) in [6, 6.07) is 0. The Kier molecular flexibility index (Phi) is 6.00. The fourth-order valence-corrected chi connectivity index (χ4v) is 2.56. The van der Waals surface area contributed by atoms with Crippen molar-refractivity contribution < 1.29 is 18.5 Å². The molecule has 0 aliphatic rings. The highest BCUT2D eigenvalue weighted by Crippen LogP contribution is 2.12. The first-order chi connectivity index (χ1) is 8.60. The lowest BCUT2D eigenvalue weighted by Gasteiger charge is -2.06. The minimum absolute atomic E-state index is 0.272. The molecular formula is C11H18N2O4S. The minimum Gasteiger partial charge on any atom is -0.462 e. The van der Waals surface area contributed by atoms with Gasteiger partial charge in [-0.05, 0) is 6.92 Å². The van der Waals surface area contributed by atoms with Crippen LogP contribution in [0.25, 0.3) is 0 Å². The number of hydrogen-bond donors (Lipinski definition) is 0. The maximum absolute atomic E-state index is 11.8. The van der Waals surface area contributed by atoms with E-state index in [1.807, 2.05) is 0 Å². The molecule has 18 heavy (non-hydrogen) atoms. The van der Waals surface area contributed by atoms with E-state index in [0.29, 0.717) is 30.2 Å². The van der Waals surface area contributed by atoms with Gasteiger partial charge in [0.1, 0.15) is 5.56 Å². The van der Waals surface area contributed by atoms with Gasteiger partial charge in [0, 0.05) is 30.7 Å². The van der Waals surface area contributed by atoms with Gasteiger partial charge in [0.2, 0.25) is 0 Å². The van der Waals surface area contributed by atoms with Crippen molar-refractivity contribution in [3.05, 3.63) is 17.5 Å². The van der Waals surface area contributed by atoms with Gasteiger partial charge in [-0.2, -0.15) is 5.10 Å². The van der Waals surface area contributed by atoms with Crippen LogP contribution in [-0.4, -0.2) is 46.0 Å². The maximum Gasteiger partial charge on any atom is 0.341 e. The van der Waals surface area contributed by atoms with Crippen LogP contribution in [0, 0.1) is 0 Å². The van der Waals surface area contributed by atoms with Crippen molar-refractivity contribution in [2.75, 3.05) is 26.1 Å². The second-order valence-corrected chi connectivity index (χ2v) is 5.21. The van der Waals surface area contributed by atoms with Crippen molar-refractivity contribution in [2.24, 2.45) is 7.05 Å². The SMILES string of the molecule is CCOC(=O)c1cnn(C)c1CS(=O)CCOC. The molecule has 7 heteroatoms. The van der Waals surface area contributed by atoms with Crippen LogP contribution in [0.5, 0.6) is 0 Å². The van der Waals surface area contributed by atoms with Gasteiger partial charge in [-0.1, -0.05) is 0 Å². The number of esters is 1. The number of ether oxygens (including phenoxy) is 2. The molecule has 1 unspecified atom stereocenters. The van der Waals surface area contributed by atoms with E-state index < -0.39 is 16.8 Å². The molecule has 102 valence electrons. The highest BCUT2D eigenvalue weighted by molar-refractivity contribution is 7.84. The molecule has 1 rings (SSSR count). The van der Waals surface area contributed by atoms with Crippen molar-refractivity contribution in [3.63, 3.8) is 0 Å². The molecule has 0 saturated carbocycles. The van der Waals surface area contributed by atoms with E-state index in [0.717, 1.165) is 0 Å². The van der Waals surface area contributed by atoms with Gasteiger partial charge in [-0.3, -0.25) is 8.89 Å². The van der Waals surface area contributed by atoms with E-state index in [4.69, 9.17) is 9.47 Å². The van der Waals surface area contributed by atoms with E-state index in [9.17, 15) is 9.00 Å². The Bertz CT molecular complexity index is 431. The van der Waals surface area contributed by atoms with E-state index in [1.165, 1.54) is 6.20 Å². The highest BCUT2D eigenvalue weighted by Gasteiger charge is 2.18. The van der Waals surface area contributed by atoms with Crippen molar-refractivity contribution in [2.45, 2.75) is 12.7 Å². The van der Waals surface area contributed by atoms with E-state index in [1.54, 1.807) is 25.8 Å². The molecule has 0 fully saturated rings. The summed E-state index contributed by atoms with van der Waals surface area (Å²) in [5.74, 6) is 0.280. The second kappa shape index (κ2) is 7.27. The van der Waals surface area contributed by atoms with Gasteiger partial charge < -0.3 is 9.47 Å². The molecule has 1 aromatic rings. The topological polar surface area (TPSA) is 70.4 Å². The standard InChI is InChI=1S/C11H18N2O4S/c1-4-17-11(14)9-7-12-13(2)10(9)8-18(15)6-5-16-3/h7H,4-6,8H2,1-3H3. The average molecular weight is 274 g/mol. The molecule has 0 N–H and O–H groups in total. The third-order valence-corrected chi connectivity index (χ3v) is 3.59. The van der Waals surface area contributed by atoms with E-state index in [-0.39, 0.29) is 5.75 Å². The Balaban J connectivity index is 2.78. The molecule has 0 aliphatic carbocycles. The molecule has 0 amide bonds. The Morgan fingerprint density at radius 3 is 2.89 bits per heavy atom. The van der Waals surface area contributed by atoms with Gasteiger partial charge in [0.25, 0.3) is 0 Å². The zero-order valence-electron chi connectivity index (χ0n) is 10.8. The Labute approximate surface area is 109 Å². The predicted molar refractivity (Wildman–Crippen MR) is 67.8 cm³/mol. The zero-order valence-corrected chi connectivity index (χ0v) is 11.7. The Morgan fingerprint density at radius 2 is 2.28 bits per heavy atom. The van der Waals surface area contributed by atoms with Gasteiger partial charge in [-0.25, -0.2) is 4.79 Å². The summed E-state index contributed by atoms with van der Waals surface area (Å²) >= 11 is 0. The number of methoxy groups -OCH3 is 1. The quantitative estimate of drug-likeness (QED) is 0.677. The van der Waals surface area contributed by atoms with E-state index >= 15 is 0 Å². The van der Waals surface area contributed by atoms with Gasteiger partial charge in [0.15, 0.2) is 0 Å². The number of carbonyl (C=O) groups excluding carboxylic acids is 1. The molecule has 0 radical (unpaired) electrons. The first-order valence-electron chi connectivity index (χ1n) is 5.62. The van der Waals surface area contributed by atoms with Crippen molar-refractivity contribution >= 4 is 16.8 Å². The van der Waals surface area contributed by atoms with Crippen molar-refractivity contribution in [3.8, 4) is 0 Å². The third kappa shape index (κ3) is 3.92. The predicted octanol–water partition coefficient (Wildman–Crippen LogP) is 0.492. The van der Waals surface area contributed by atoms with Crippen LogP contribution in [0.4, 0.5) is 0 Å². The summed E-state index contributed by atoms with van der Waals surface area (Å²) in [4.78, 5) is 11.7. The molecule has 0 saturated heterocycles. The van der Waals surface area contributed by atoms with Gasteiger partial charge >= 0.3 is 5.97 Å². The molecule has 1 heterocycles. The van der Waals surface area contributed by atoms with Gasteiger partial charge in [-0.15, -0.1) is 0 Å². The van der Waals surface area contributed by atoms with Crippen LogP contribution in [0.1, 0.15) is 23.0 Å². The number of nitrogens with zero attached hydrogens (tertiary/aromatic N) is 2. The van der Waals surface area contributed by atoms with Crippen molar-refractivity contribution in [1.29, 1.82) is 0 Å². The summed E-state index contributed by atoms with van der Waals surface area (Å²) < 4.78 is 23.1. The van der Waals surface area contributed by atoms with Crippen LogP contribution in [0.3, 0.4) is 0 Å². The Hall–Kier alpha value is -1.21. The largest absolute Gasteiger partial charge is 0.462 e. The second-order valence-electron chi connectivity index (χ2n) is 3.63. The first-order valence-corrected chi connectivity index (χ1v) is 7.10. The lowest BCUT2D eigenvalue weighted by Crippen LogP contribution is -2.13. The average Bonchev–Trinajstić information content (AvgIpc) is 2.69. The fourth-order valence-electron chi connectivity index (χ4n) is 1.41. The highest BCUT2D eigenvalue weighted by atomic mass is 32.2. The summed E-state index contributed by atoms with van der Waals surface area (Å²) in [6.07, 6.45) is 1.45. The van der Waals surface area contributed by atoms with Crippen LogP contribution < -0.4 is 0 Å². The molecule has 6 nitrogen and oxygen atoms in total. The molecule has 0 aliphatic heterocycles. The van der Waals surface area contributed by atoms with Crippen LogP contribution in [-0.2, 0) is 33.1 Å². The first kappa shape index (κ1) is 14.8. The number of rotatable bonds is 7. The van der Waals surface area contributed by atoms with E-state index in [2.05, 4.69) is 5.10 Å². The van der Waals surface area contributed by atoms with Crippen LogP contribution in [0.2, 0.25) is 0 Å². The molecule has 1 atom stereocenters. The summed E-state index contributed by atoms with van der Waals surface area (Å²) in [7, 11) is 2.19. The summed E-state index contributed by atoms with van der Waals surface area (Å²) in [5.41, 5.74) is 1.01. The zero-order chi connectivity index (χ0) is 13.5. The molecule has 1 aromatic heterocycles. The molecule has 0 aromatic carbocycles. The smallest absolute Gasteiger partial charge is 0.341 e. The lowest BCUT2D eigenvalue weighted by molar-refractivity contribution is 0.0525.